The molecule has 9 aromatic carbocycles. The molecule has 0 aliphatic heterocycles. The van der Waals surface area contributed by atoms with Gasteiger partial charge in [-0.05, 0) is 113 Å². The van der Waals surface area contributed by atoms with Gasteiger partial charge < -0.3 is 18.0 Å². The highest BCUT2D eigenvalue weighted by molar-refractivity contribution is 6.24. The number of rotatable bonds is 4. The molecule has 58 heavy (non-hydrogen) atoms. The number of furan rings is 2. The van der Waals surface area contributed by atoms with Crippen LogP contribution in [0.2, 0.25) is 0 Å². The molecule has 0 aliphatic carbocycles. The maximum atomic E-state index is 6.71. The van der Waals surface area contributed by atoms with Gasteiger partial charge in [-0.1, -0.05) is 103 Å². The van der Waals surface area contributed by atoms with E-state index in [4.69, 9.17) is 8.83 Å². The van der Waals surface area contributed by atoms with Crippen LogP contribution in [0.1, 0.15) is 0 Å². The van der Waals surface area contributed by atoms with Gasteiger partial charge in [-0.3, -0.25) is 0 Å². The highest BCUT2D eigenvalue weighted by Gasteiger charge is 2.20. The predicted molar refractivity (Wildman–Crippen MR) is 241 cm³/mol. The summed E-state index contributed by atoms with van der Waals surface area (Å²) in [6, 6.07) is 69.6. The van der Waals surface area contributed by atoms with E-state index in [9.17, 15) is 0 Å². The third-order valence-corrected chi connectivity index (χ3v) is 12.1. The van der Waals surface area contributed by atoms with Crippen molar-refractivity contribution in [2.75, 3.05) is 0 Å². The summed E-state index contributed by atoms with van der Waals surface area (Å²) in [6.45, 7) is 0. The number of fused-ring (bicyclic) bond motifs is 13. The second kappa shape index (κ2) is 11.8. The predicted octanol–water partition coefficient (Wildman–Crippen LogP) is 15.0. The minimum atomic E-state index is 0.896. The third-order valence-electron chi connectivity index (χ3n) is 12.1. The van der Waals surface area contributed by atoms with Gasteiger partial charge in [0.05, 0.1) is 27.5 Å². The number of hydrogen-bond acceptors (Lipinski definition) is 2. The first-order chi connectivity index (χ1) is 28.7. The van der Waals surface area contributed by atoms with E-state index in [1.165, 1.54) is 32.9 Å². The maximum Gasteiger partial charge on any atom is 0.145 e. The van der Waals surface area contributed by atoms with Crippen molar-refractivity contribution < 1.29 is 8.83 Å². The van der Waals surface area contributed by atoms with Gasteiger partial charge in [0.15, 0.2) is 0 Å². The lowest BCUT2D eigenvalue weighted by Gasteiger charge is -2.11. The molecule has 0 N–H and O–H groups in total. The molecule has 13 aromatic rings. The Hall–Kier alpha value is -7.82. The van der Waals surface area contributed by atoms with Crippen molar-refractivity contribution in [2.24, 2.45) is 0 Å². The van der Waals surface area contributed by atoms with Gasteiger partial charge >= 0.3 is 0 Å². The fraction of sp³-hybridized carbons (Fsp3) is 0. The normalized spacial score (nSPS) is 12.1. The van der Waals surface area contributed by atoms with E-state index < -0.39 is 0 Å². The molecular weight excluding hydrogens is 709 g/mol. The van der Waals surface area contributed by atoms with Crippen molar-refractivity contribution in [1.29, 1.82) is 0 Å². The van der Waals surface area contributed by atoms with Crippen LogP contribution in [-0.4, -0.2) is 9.13 Å². The molecule has 0 fully saturated rings. The van der Waals surface area contributed by atoms with Gasteiger partial charge in [0.25, 0.3) is 0 Å². The quantitative estimate of drug-likeness (QED) is 0.180. The van der Waals surface area contributed by atoms with Crippen LogP contribution < -0.4 is 0 Å². The Balaban J connectivity index is 0.982. The van der Waals surface area contributed by atoms with E-state index in [0.29, 0.717) is 0 Å². The van der Waals surface area contributed by atoms with Gasteiger partial charge in [-0.25, -0.2) is 0 Å². The van der Waals surface area contributed by atoms with Crippen LogP contribution in [0.25, 0.3) is 121 Å². The summed E-state index contributed by atoms with van der Waals surface area (Å²) < 4.78 is 17.6. The van der Waals surface area contributed by atoms with Crippen molar-refractivity contribution >= 4 is 87.5 Å². The lowest BCUT2D eigenvalue weighted by Crippen LogP contribution is -1.94. The topological polar surface area (TPSA) is 36.1 Å². The smallest absolute Gasteiger partial charge is 0.145 e. The fourth-order valence-corrected chi connectivity index (χ4v) is 9.46. The summed E-state index contributed by atoms with van der Waals surface area (Å²) in [5.74, 6) is 0. The summed E-state index contributed by atoms with van der Waals surface area (Å²) in [5, 5.41) is 9.26. The zero-order chi connectivity index (χ0) is 37.9. The molecular formula is C54H32N2O2. The minimum Gasteiger partial charge on any atom is -0.456 e. The molecule has 0 aliphatic rings. The average Bonchev–Trinajstić information content (AvgIpc) is 4.03. The van der Waals surface area contributed by atoms with Crippen molar-refractivity contribution in [3.63, 3.8) is 0 Å². The Morgan fingerprint density at radius 2 is 0.776 bits per heavy atom. The van der Waals surface area contributed by atoms with Crippen molar-refractivity contribution in [2.45, 2.75) is 0 Å². The molecule has 13 rings (SSSR count). The third kappa shape index (κ3) is 4.45. The Morgan fingerprint density at radius 3 is 1.57 bits per heavy atom. The fourth-order valence-electron chi connectivity index (χ4n) is 9.46. The molecule has 4 heteroatoms. The molecule has 0 saturated heterocycles. The Labute approximate surface area is 332 Å². The summed E-state index contributed by atoms with van der Waals surface area (Å²) in [7, 11) is 0. The monoisotopic (exact) mass is 740 g/mol. The second-order valence-corrected chi connectivity index (χ2v) is 15.3. The Kier molecular flexibility index (Phi) is 6.41. The van der Waals surface area contributed by atoms with Crippen LogP contribution in [-0.2, 0) is 0 Å². The van der Waals surface area contributed by atoms with Crippen LogP contribution in [0.5, 0.6) is 0 Å². The summed E-state index contributed by atoms with van der Waals surface area (Å²) in [6.07, 6.45) is 0. The van der Waals surface area contributed by atoms with E-state index in [2.05, 4.69) is 185 Å². The number of nitrogens with zero attached hydrogens (tertiary/aromatic N) is 2. The number of benzene rings is 9. The summed E-state index contributed by atoms with van der Waals surface area (Å²) in [5.41, 5.74) is 15.2. The minimum absolute atomic E-state index is 0.896. The molecule has 4 heterocycles. The largest absolute Gasteiger partial charge is 0.456 e. The van der Waals surface area contributed by atoms with Crippen LogP contribution in [0.15, 0.2) is 203 Å². The highest BCUT2D eigenvalue weighted by atomic mass is 16.3. The zero-order valence-electron chi connectivity index (χ0n) is 31.2. The number of aromatic nitrogens is 2. The van der Waals surface area contributed by atoms with Gasteiger partial charge in [-0.15, -0.1) is 0 Å². The van der Waals surface area contributed by atoms with E-state index in [1.807, 2.05) is 18.2 Å². The molecule has 0 radical (unpaired) electrons. The molecule has 0 amide bonds. The summed E-state index contributed by atoms with van der Waals surface area (Å²) in [4.78, 5) is 0. The first kappa shape index (κ1) is 31.4. The van der Waals surface area contributed by atoms with E-state index >= 15 is 0 Å². The molecule has 4 aromatic heterocycles. The molecule has 0 spiro atoms. The summed E-state index contributed by atoms with van der Waals surface area (Å²) >= 11 is 0. The molecule has 0 saturated carbocycles. The first-order valence-electron chi connectivity index (χ1n) is 19.7. The van der Waals surface area contributed by atoms with Crippen LogP contribution in [0.4, 0.5) is 0 Å². The van der Waals surface area contributed by atoms with Gasteiger partial charge in [-0.2, -0.15) is 0 Å². The SMILES string of the molecule is c1ccc(-n2c3ccccc3c3cc(-c4ccc(-n5c6ccc(-c7ccc8oc9ccccc9c8c7)cc6c6c7oc8ccccc8c7ccc65)cc4)ccc32)cc1. The van der Waals surface area contributed by atoms with E-state index in [1.54, 1.807) is 0 Å². The Morgan fingerprint density at radius 1 is 0.276 bits per heavy atom. The average molecular weight is 741 g/mol. The van der Waals surface area contributed by atoms with Crippen molar-refractivity contribution in [1.82, 2.24) is 9.13 Å². The van der Waals surface area contributed by atoms with Crippen LogP contribution >= 0.6 is 0 Å². The zero-order valence-corrected chi connectivity index (χ0v) is 31.2. The number of para-hydroxylation sites is 4. The second-order valence-electron chi connectivity index (χ2n) is 15.3. The standard InChI is InChI=1S/C54H32N2O2/c1-2-10-37(11-3-1)55-46-15-7-4-12-39(46)43-30-34(20-26-47(43)55)33-18-23-38(24-19-33)56-48-27-21-35(36-22-29-52-44(31-36)41-14-6-8-16-50(41)57-52)32-45(48)53-49(56)28-25-42-40-13-5-9-17-51(40)58-54(42)53/h1-32H. The van der Waals surface area contributed by atoms with Crippen LogP contribution in [0.3, 0.4) is 0 Å². The van der Waals surface area contributed by atoms with Crippen molar-refractivity contribution in [3.8, 4) is 33.6 Å². The molecule has 0 bridgehead atoms. The van der Waals surface area contributed by atoms with Crippen LogP contribution in [0, 0.1) is 0 Å². The Bertz CT molecular complexity index is 3780. The molecule has 4 nitrogen and oxygen atoms in total. The van der Waals surface area contributed by atoms with Gasteiger partial charge in [0.2, 0.25) is 0 Å². The lowest BCUT2D eigenvalue weighted by molar-refractivity contribution is 0.669. The maximum absolute atomic E-state index is 6.71. The first-order valence-corrected chi connectivity index (χ1v) is 19.7. The highest BCUT2D eigenvalue weighted by Crippen LogP contribution is 2.43. The number of hydrogen-bond donors (Lipinski definition) is 0. The van der Waals surface area contributed by atoms with Crippen molar-refractivity contribution in [3.05, 3.63) is 194 Å². The van der Waals surface area contributed by atoms with Gasteiger partial charge in [0.1, 0.15) is 22.3 Å². The molecule has 270 valence electrons. The molecule has 0 atom stereocenters. The molecule has 0 unspecified atom stereocenters. The lowest BCUT2D eigenvalue weighted by atomic mass is 10.00. The van der Waals surface area contributed by atoms with E-state index in [-0.39, 0.29) is 0 Å². The van der Waals surface area contributed by atoms with Gasteiger partial charge in [0, 0.05) is 49.1 Å². The van der Waals surface area contributed by atoms with E-state index in [0.717, 1.165) is 88.2 Å².